The predicted molar refractivity (Wildman–Crippen MR) is 155 cm³/mol. The average molecular weight is 554 g/mol. The van der Waals surface area contributed by atoms with Crippen LogP contribution in [0.25, 0.3) is 0 Å². The van der Waals surface area contributed by atoms with Gasteiger partial charge < -0.3 is 29.0 Å². The second-order valence-corrected chi connectivity index (χ2v) is 10.1. The smallest absolute Gasteiger partial charge is 0.257 e. The van der Waals surface area contributed by atoms with Crippen molar-refractivity contribution in [1.82, 2.24) is 4.90 Å². The maximum Gasteiger partial charge on any atom is 0.257 e. The molecule has 0 aliphatic carbocycles. The molecule has 4 aromatic rings. The van der Waals surface area contributed by atoms with Gasteiger partial charge in [-0.2, -0.15) is 0 Å². The van der Waals surface area contributed by atoms with Crippen molar-refractivity contribution in [3.63, 3.8) is 0 Å². The van der Waals surface area contributed by atoms with E-state index in [0.717, 1.165) is 22.3 Å². The quantitative estimate of drug-likeness (QED) is 0.248. The number of ether oxygens (including phenoxy) is 4. The molecule has 1 aliphatic heterocycles. The molecule has 1 unspecified atom stereocenters. The van der Waals surface area contributed by atoms with Crippen LogP contribution >= 0.6 is 0 Å². The zero-order valence-electron chi connectivity index (χ0n) is 23.1. The van der Waals surface area contributed by atoms with Crippen LogP contribution in [-0.2, 0) is 45.4 Å². The molecule has 1 N–H and O–H groups in total. The molecule has 1 heterocycles. The number of hydrogen-bond acceptors (Lipinski definition) is 6. The molecule has 4 aromatic carbocycles. The van der Waals surface area contributed by atoms with E-state index < -0.39 is 17.9 Å². The Balaban J connectivity index is 1.44. The van der Waals surface area contributed by atoms with E-state index in [4.69, 9.17) is 18.9 Å². The van der Waals surface area contributed by atoms with E-state index in [-0.39, 0.29) is 38.9 Å². The first kappa shape index (κ1) is 28.5. The van der Waals surface area contributed by atoms with Crippen molar-refractivity contribution >= 4 is 5.91 Å². The molecular weight excluding hydrogens is 518 g/mol. The third-order valence-electron chi connectivity index (χ3n) is 7.18. The summed E-state index contributed by atoms with van der Waals surface area (Å²) in [6.07, 6.45) is -2.05. The summed E-state index contributed by atoms with van der Waals surface area (Å²) >= 11 is 0. The van der Waals surface area contributed by atoms with Crippen molar-refractivity contribution in [2.45, 2.75) is 44.3 Å². The second-order valence-electron chi connectivity index (χ2n) is 10.1. The molecule has 1 aliphatic rings. The molecule has 212 valence electrons. The highest BCUT2D eigenvalue weighted by molar-refractivity contribution is 5.85. The maximum atomic E-state index is 14.0. The van der Waals surface area contributed by atoms with Crippen LogP contribution < -0.4 is 4.74 Å². The molecule has 41 heavy (non-hydrogen) atoms. The lowest BCUT2D eigenvalue weighted by Gasteiger charge is -2.37. The van der Waals surface area contributed by atoms with Crippen LogP contribution in [-0.4, -0.2) is 47.6 Å². The first-order valence-electron chi connectivity index (χ1n) is 13.7. The highest BCUT2D eigenvalue weighted by atomic mass is 16.6. The van der Waals surface area contributed by atoms with Crippen molar-refractivity contribution in [3.8, 4) is 5.75 Å². The summed E-state index contributed by atoms with van der Waals surface area (Å²) in [6.45, 7) is 0.647. The number of rotatable bonds is 13. The minimum absolute atomic E-state index is 0.143. The van der Waals surface area contributed by atoms with Crippen molar-refractivity contribution in [2.75, 3.05) is 13.7 Å². The summed E-state index contributed by atoms with van der Waals surface area (Å²) < 4.78 is 23.9. The summed E-state index contributed by atoms with van der Waals surface area (Å²) in [6, 6.07) is 36.4. The largest absolute Gasteiger partial charge is 0.497 e. The van der Waals surface area contributed by atoms with Crippen LogP contribution in [0.15, 0.2) is 115 Å². The van der Waals surface area contributed by atoms with Gasteiger partial charge in [-0.1, -0.05) is 103 Å². The minimum atomic E-state index is -1.79. The average Bonchev–Trinajstić information content (AvgIpc) is 3.21. The molecule has 1 amide bonds. The predicted octanol–water partition coefficient (Wildman–Crippen LogP) is 5.11. The van der Waals surface area contributed by atoms with E-state index >= 15 is 0 Å². The fraction of sp³-hybridized carbons (Fsp3) is 0.265. The number of aliphatic hydroxyl groups is 1. The van der Waals surface area contributed by atoms with E-state index in [0.29, 0.717) is 5.75 Å². The third kappa shape index (κ3) is 7.01. The molecule has 7 nitrogen and oxygen atoms in total. The van der Waals surface area contributed by atoms with Gasteiger partial charge in [-0.3, -0.25) is 4.79 Å². The lowest BCUT2D eigenvalue weighted by Crippen LogP contribution is -2.56. The molecule has 0 bridgehead atoms. The summed E-state index contributed by atoms with van der Waals surface area (Å²) in [5.74, 6) is 0.344. The van der Waals surface area contributed by atoms with Crippen LogP contribution in [0.2, 0.25) is 0 Å². The summed E-state index contributed by atoms with van der Waals surface area (Å²) in [5.41, 5.74) is 1.83. The van der Waals surface area contributed by atoms with E-state index in [1.54, 1.807) is 7.11 Å². The van der Waals surface area contributed by atoms with Gasteiger partial charge in [0.1, 0.15) is 11.9 Å². The van der Waals surface area contributed by atoms with Crippen LogP contribution in [0.5, 0.6) is 5.75 Å². The van der Waals surface area contributed by atoms with Crippen molar-refractivity contribution in [2.24, 2.45) is 0 Å². The lowest BCUT2D eigenvalue weighted by molar-refractivity contribution is -0.211. The van der Waals surface area contributed by atoms with E-state index in [1.807, 2.05) is 115 Å². The topological polar surface area (TPSA) is 77.5 Å². The summed E-state index contributed by atoms with van der Waals surface area (Å²) in [5, 5.41) is 12.3. The van der Waals surface area contributed by atoms with Gasteiger partial charge in [-0.25, -0.2) is 0 Å². The fourth-order valence-electron chi connectivity index (χ4n) is 4.95. The zero-order valence-corrected chi connectivity index (χ0v) is 23.1. The van der Waals surface area contributed by atoms with Crippen LogP contribution in [0.4, 0.5) is 0 Å². The molecule has 0 radical (unpaired) electrons. The Morgan fingerprint density at radius 2 is 1.20 bits per heavy atom. The Morgan fingerprint density at radius 1 is 0.683 bits per heavy atom. The Morgan fingerprint density at radius 3 is 1.73 bits per heavy atom. The zero-order chi connectivity index (χ0) is 28.5. The summed E-state index contributed by atoms with van der Waals surface area (Å²) in [7, 11) is 1.60. The molecule has 0 aromatic heterocycles. The number of benzene rings is 4. The third-order valence-corrected chi connectivity index (χ3v) is 7.18. The molecule has 0 spiro atoms. The van der Waals surface area contributed by atoms with Crippen LogP contribution in [0.3, 0.4) is 0 Å². The van der Waals surface area contributed by atoms with Crippen LogP contribution in [0.1, 0.15) is 22.3 Å². The Kier molecular flexibility index (Phi) is 9.44. The Hall–Kier alpha value is -4.01. The fourth-order valence-corrected chi connectivity index (χ4v) is 4.95. The van der Waals surface area contributed by atoms with Gasteiger partial charge >= 0.3 is 0 Å². The first-order chi connectivity index (χ1) is 20.1. The van der Waals surface area contributed by atoms with Gasteiger partial charge in [-0.15, -0.1) is 0 Å². The molecule has 1 fully saturated rings. The lowest BCUT2D eigenvalue weighted by atomic mass is 10.1. The van der Waals surface area contributed by atoms with E-state index in [1.165, 1.54) is 4.90 Å². The number of hydrogen-bond donors (Lipinski definition) is 1. The highest BCUT2D eigenvalue weighted by Crippen LogP contribution is 2.36. The summed E-state index contributed by atoms with van der Waals surface area (Å²) in [4.78, 5) is 15.4. The van der Waals surface area contributed by atoms with E-state index in [2.05, 4.69) is 0 Å². The highest BCUT2D eigenvalue weighted by Gasteiger charge is 2.60. The van der Waals surface area contributed by atoms with Gasteiger partial charge in [0.05, 0.1) is 33.5 Å². The molecule has 5 rings (SSSR count). The monoisotopic (exact) mass is 553 g/mol. The van der Waals surface area contributed by atoms with Gasteiger partial charge in [0.15, 0.2) is 11.8 Å². The van der Waals surface area contributed by atoms with Gasteiger partial charge in [0.2, 0.25) is 0 Å². The Labute approximate surface area is 240 Å². The van der Waals surface area contributed by atoms with Gasteiger partial charge in [-0.05, 0) is 34.4 Å². The SMILES string of the molecule is COc1ccc(CN2C(=O)[C@H](OCc3ccccc3)[C@@H](OCc3ccccc3)C2(O)COCc2ccccc2)cc1. The Bertz CT molecular complexity index is 1370. The van der Waals surface area contributed by atoms with E-state index in [9.17, 15) is 9.90 Å². The molecular formula is C34H35NO6. The minimum Gasteiger partial charge on any atom is -0.497 e. The van der Waals surface area contributed by atoms with Gasteiger partial charge in [0, 0.05) is 6.54 Å². The van der Waals surface area contributed by atoms with Crippen molar-refractivity contribution in [1.29, 1.82) is 0 Å². The number of amides is 1. The van der Waals surface area contributed by atoms with Crippen molar-refractivity contribution in [3.05, 3.63) is 138 Å². The molecule has 0 saturated carbocycles. The number of methoxy groups -OCH3 is 1. The normalized spacial score (nSPS) is 20.3. The number of likely N-dealkylation sites (tertiary alicyclic amines) is 1. The van der Waals surface area contributed by atoms with Gasteiger partial charge in [0.25, 0.3) is 5.91 Å². The van der Waals surface area contributed by atoms with Crippen molar-refractivity contribution < 1.29 is 28.8 Å². The van der Waals surface area contributed by atoms with Crippen LogP contribution in [0, 0.1) is 0 Å². The first-order valence-corrected chi connectivity index (χ1v) is 13.7. The molecule has 7 heteroatoms. The molecule has 1 saturated heterocycles. The number of carbonyl (C=O) groups is 1. The second kappa shape index (κ2) is 13.6. The number of nitrogens with zero attached hydrogens (tertiary/aromatic N) is 1. The standard InChI is InChI=1S/C34H35NO6/c1-38-30-19-17-26(18-20-30)21-35-33(36)31(40-23-28-13-7-3-8-14-28)32(41-24-29-15-9-4-10-16-29)34(35,37)25-39-22-27-11-5-2-6-12-27/h2-20,31-32,37H,21-25H2,1H3/t31-,32-,34?/m1/s1. The molecule has 3 atom stereocenters. The maximum absolute atomic E-state index is 14.0. The number of carbonyl (C=O) groups excluding carboxylic acids is 1.